The van der Waals surface area contributed by atoms with Gasteiger partial charge < -0.3 is 16.2 Å². The zero-order chi connectivity index (χ0) is 17.7. The molecule has 0 amide bonds. The van der Waals surface area contributed by atoms with Crippen molar-refractivity contribution in [2.75, 3.05) is 24.1 Å². The van der Waals surface area contributed by atoms with Crippen molar-refractivity contribution in [2.45, 2.75) is 39.3 Å². The highest BCUT2D eigenvalue weighted by Crippen LogP contribution is 2.21. The summed E-state index contributed by atoms with van der Waals surface area (Å²) in [5.41, 5.74) is 5.93. The Labute approximate surface area is 143 Å². The van der Waals surface area contributed by atoms with Crippen LogP contribution in [0, 0.1) is 0 Å². The molecule has 130 valence electrons. The summed E-state index contributed by atoms with van der Waals surface area (Å²) in [7, 11) is 0. The van der Waals surface area contributed by atoms with Gasteiger partial charge in [0.15, 0.2) is 5.82 Å². The molecule has 0 aliphatic heterocycles. The maximum atomic E-state index is 10.1. The monoisotopic (exact) mass is 330 g/mol. The molecule has 2 rings (SSSR count). The quantitative estimate of drug-likeness (QED) is 0.716. The SMILES string of the molecule is CCN(CC(C)(C)O)C(C)c1nc(N)nc(Nc2ccccc2)n1. The number of likely N-dealkylation sites (N-methyl/N-ethyl adjacent to an activating group) is 1. The first-order chi connectivity index (χ1) is 11.3. The number of para-hydroxylation sites is 1. The summed E-state index contributed by atoms with van der Waals surface area (Å²) in [4.78, 5) is 15.0. The van der Waals surface area contributed by atoms with Gasteiger partial charge in [0.25, 0.3) is 0 Å². The summed E-state index contributed by atoms with van der Waals surface area (Å²) in [6.45, 7) is 8.88. The molecule has 0 spiro atoms. The van der Waals surface area contributed by atoms with Crippen molar-refractivity contribution in [2.24, 2.45) is 0 Å². The van der Waals surface area contributed by atoms with Crippen molar-refractivity contribution in [3.8, 4) is 0 Å². The lowest BCUT2D eigenvalue weighted by Crippen LogP contribution is -2.40. The first-order valence-corrected chi connectivity index (χ1v) is 8.08. The first kappa shape index (κ1) is 18.1. The van der Waals surface area contributed by atoms with Gasteiger partial charge in [0.2, 0.25) is 11.9 Å². The molecule has 1 atom stereocenters. The number of hydrogen-bond acceptors (Lipinski definition) is 7. The molecule has 0 saturated carbocycles. The van der Waals surface area contributed by atoms with E-state index in [2.05, 4.69) is 25.2 Å². The zero-order valence-corrected chi connectivity index (χ0v) is 14.7. The van der Waals surface area contributed by atoms with Crippen LogP contribution in [0.3, 0.4) is 0 Å². The highest BCUT2D eigenvalue weighted by molar-refractivity contribution is 5.53. The maximum absolute atomic E-state index is 10.1. The van der Waals surface area contributed by atoms with E-state index in [-0.39, 0.29) is 12.0 Å². The van der Waals surface area contributed by atoms with E-state index >= 15 is 0 Å². The minimum absolute atomic E-state index is 0.0944. The lowest BCUT2D eigenvalue weighted by Gasteiger charge is -2.32. The topological polar surface area (TPSA) is 100 Å². The van der Waals surface area contributed by atoms with Gasteiger partial charge in [-0.15, -0.1) is 0 Å². The predicted octanol–water partition coefficient (Wildman–Crippen LogP) is 2.35. The molecular weight excluding hydrogens is 304 g/mol. The molecule has 1 unspecified atom stereocenters. The van der Waals surface area contributed by atoms with Gasteiger partial charge in [-0.2, -0.15) is 15.0 Å². The predicted molar refractivity (Wildman–Crippen MR) is 95.9 cm³/mol. The minimum atomic E-state index is -0.798. The average Bonchev–Trinajstić information content (AvgIpc) is 2.51. The Morgan fingerprint density at radius 3 is 2.46 bits per heavy atom. The van der Waals surface area contributed by atoms with Crippen LogP contribution in [0.1, 0.15) is 39.6 Å². The summed E-state index contributed by atoms with van der Waals surface area (Å²) in [6.07, 6.45) is 0. The number of nitrogens with one attached hydrogen (secondary N) is 1. The van der Waals surface area contributed by atoms with Crippen molar-refractivity contribution in [3.63, 3.8) is 0 Å². The van der Waals surface area contributed by atoms with E-state index in [1.807, 2.05) is 44.2 Å². The fourth-order valence-corrected chi connectivity index (χ4v) is 2.49. The van der Waals surface area contributed by atoms with Gasteiger partial charge in [-0.3, -0.25) is 4.90 Å². The van der Waals surface area contributed by atoms with Crippen LogP contribution in [-0.2, 0) is 0 Å². The van der Waals surface area contributed by atoms with Gasteiger partial charge in [-0.05, 0) is 39.4 Å². The highest BCUT2D eigenvalue weighted by Gasteiger charge is 2.24. The van der Waals surface area contributed by atoms with Gasteiger partial charge in [0.1, 0.15) is 0 Å². The fourth-order valence-electron chi connectivity index (χ4n) is 2.49. The maximum Gasteiger partial charge on any atom is 0.232 e. The third kappa shape index (κ3) is 5.14. The molecule has 7 nitrogen and oxygen atoms in total. The molecular formula is C17H26N6O. The van der Waals surface area contributed by atoms with Gasteiger partial charge in [0.05, 0.1) is 11.6 Å². The van der Waals surface area contributed by atoms with Crippen molar-refractivity contribution in [3.05, 3.63) is 36.2 Å². The first-order valence-electron chi connectivity index (χ1n) is 8.08. The number of aromatic nitrogens is 3. The Bertz CT molecular complexity index is 656. The summed E-state index contributed by atoms with van der Waals surface area (Å²) in [5.74, 6) is 1.16. The second kappa shape index (κ2) is 7.55. The summed E-state index contributed by atoms with van der Waals surface area (Å²) < 4.78 is 0. The molecule has 0 saturated heterocycles. The largest absolute Gasteiger partial charge is 0.389 e. The molecule has 0 aliphatic rings. The summed E-state index contributed by atoms with van der Waals surface area (Å²) in [5, 5.41) is 13.2. The Kier molecular flexibility index (Phi) is 5.69. The third-order valence-corrected chi connectivity index (χ3v) is 3.62. The second-order valence-electron chi connectivity index (χ2n) is 6.42. The number of hydrogen-bond donors (Lipinski definition) is 3. The fraction of sp³-hybridized carbons (Fsp3) is 0.471. The molecule has 0 fully saturated rings. The van der Waals surface area contributed by atoms with E-state index in [4.69, 9.17) is 5.73 Å². The molecule has 0 bridgehead atoms. The van der Waals surface area contributed by atoms with Crippen LogP contribution in [0.2, 0.25) is 0 Å². The number of nitrogen functional groups attached to an aromatic ring is 1. The van der Waals surface area contributed by atoms with Crippen molar-refractivity contribution < 1.29 is 5.11 Å². The van der Waals surface area contributed by atoms with E-state index < -0.39 is 5.60 Å². The number of aliphatic hydroxyl groups is 1. The normalized spacial score (nSPS) is 13.1. The molecule has 2 aromatic rings. The molecule has 0 radical (unpaired) electrons. The lowest BCUT2D eigenvalue weighted by atomic mass is 10.1. The van der Waals surface area contributed by atoms with Crippen LogP contribution in [0.25, 0.3) is 0 Å². The Hall–Kier alpha value is -2.25. The van der Waals surface area contributed by atoms with Crippen LogP contribution in [0.5, 0.6) is 0 Å². The molecule has 4 N–H and O–H groups in total. The van der Waals surface area contributed by atoms with Gasteiger partial charge >= 0.3 is 0 Å². The van der Waals surface area contributed by atoms with Crippen molar-refractivity contribution in [1.29, 1.82) is 0 Å². The number of nitrogens with two attached hydrogens (primary N) is 1. The van der Waals surface area contributed by atoms with Crippen LogP contribution in [-0.4, -0.2) is 43.6 Å². The van der Waals surface area contributed by atoms with E-state index in [0.29, 0.717) is 18.3 Å². The Morgan fingerprint density at radius 1 is 1.21 bits per heavy atom. The zero-order valence-electron chi connectivity index (χ0n) is 14.7. The Balaban J connectivity index is 2.23. The van der Waals surface area contributed by atoms with Crippen molar-refractivity contribution in [1.82, 2.24) is 19.9 Å². The van der Waals surface area contributed by atoms with E-state index in [0.717, 1.165) is 12.2 Å². The summed E-state index contributed by atoms with van der Waals surface area (Å²) >= 11 is 0. The third-order valence-electron chi connectivity index (χ3n) is 3.62. The van der Waals surface area contributed by atoms with Gasteiger partial charge in [-0.25, -0.2) is 0 Å². The lowest BCUT2D eigenvalue weighted by molar-refractivity contribution is 0.0237. The molecule has 0 aliphatic carbocycles. The van der Waals surface area contributed by atoms with Gasteiger partial charge in [0, 0.05) is 12.2 Å². The number of anilines is 3. The Morgan fingerprint density at radius 2 is 1.88 bits per heavy atom. The van der Waals surface area contributed by atoms with Crippen molar-refractivity contribution >= 4 is 17.6 Å². The summed E-state index contributed by atoms with van der Waals surface area (Å²) in [6, 6.07) is 9.56. The average molecular weight is 330 g/mol. The smallest absolute Gasteiger partial charge is 0.232 e. The second-order valence-corrected chi connectivity index (χ2v) is 6.42. The van der Waals surface area contributed by atoms with Crippen LogP contribution in [0.4, 0.5) is 17.6 Å². The molecule has 7 heteroatoms. The minimum Gasteiger partial charge on any atom is -0.389 e. The molecule has 1 heterocycles. The van der Waals surface area contributed by atoms with Crippen LogP contribution in [0.15, 0.2) is 30.3 Å². The number of rotatable bonds is 7. The number of nitrogens with zero attached hydrogens (tertiary/aromatic N) is 4. The highest BCUT2D eigenvalue weighted by atomic mass is 16.3. The number of benzene rings is 1. The van der Waals surface area contributed by atoms with Crippen LogP contribution < -0.4 is 11.1 Å². The van der Waals surface area contributed by atoms with Gasteiger partial charge in [-0.1, -0.05) is 25.1 Å². The van der Waals surface area contributed by atoms with E-state index in [1.165, 1.54) is 0 Å². The molecule has 1 aromatic heterocycles. The van der Waals surface area contributed by atoms with E-state index in [9.17, 15) is 5.11 Å². The molecule has 1 aromatic carbocycles. The molecule has 24 heavy (non-hydrogen) atoms. The van der Waals surface area contributed by atoms with Crippen LogP contribution >= 0.6 is 0 Å². The van der Waals surface area contributed by atoms with E-state index in [1.54, 1.807) is 13.8 Å². The standard InChI is InChI=1S/C17H26N6O/c1-5-23(11-17(3,4)24)12(2)14-20-15(18)22-16(21-14)19-13-9-7-6-8-10-13/h6-10,12,24H,5,11H2,1-4H3,(H3,18,19,20,21,22).